The molecule has 1 aliphatic rings. The van der Waals surface area contributed by atoms with Crippen molar-refractivity contribution >= 4 is 15.9 Å². The number of ether oxygens (including phenoxy) is 2. The van der Waals surface area contributed by atoms with E-state index >= 15 is 0 Å². The van der Waals surface area contributed by atoms with Gasteiger partial charge in [-0.15, -0.1) is 0 Å². The van der Waals surface area contributed by atoms with Gasteiger partial charge in [0.15, 0.2) is 0 Å². The van der Waals surface area contributed by atoms with Gasteiger partial charge in [0.2, 0.25) is 15.9 Å². The van der Waals surface area contributed by atoms with Gasteiger partial charge in [0.25, 0.3) is 0 Å². The molecule has 1 saturated heterocycles. The first-order chi connectivity index (χ1) is 17.4. The molecular weight excluding hydrogens is 476 g/mol. The minimum Gasteiger partial charge on any atom is -0.497 e. The molecule has 0 radical (unpaired) electrons. The molecule has 190 valence electrons. The predicted octanol–water partition coefficient (Wildman–Crippen LogP) is 4.33. The molecule has 1 aliphatic heterocycles. The Morgan fingerprint density at radius 1 is 0.917 bits per heavy atom. The van der Waals surface area contributed by atoms with Crippen molar-refractivity contribution in [1.82, 2.24) is 9.21 Å². The van der Waals surface area contributed by atoms with E-state index in [1.807, 2.05) is 65.6 Å². The lowest BCUT2D eigenvalue weighted by Gasteiger charge is -2.34. The highest BCUT2D eigenvalue weighted by Crippen LogP contribution is 2.33. The number of carbonyl (C=O) groups is 1. The zero-order valence-corrected chi connectivity index (χ0v) is 21.5. The highest BCUT2D eigenvalue weighted by Gasteiger charge is 2.36. The van der Waals surface area contributed by atoms with Gasteiger partial charge in [-0.05, 0) is 36.1 Å². The van der Waals surface area contributed by atoms with Gasteiger partial charge in [-0.1, -0.05) is 60.7 Å². The fraction of sp³-hybridized carbons (Fsp3) is 0.321. The number of benzene rings is 3. The van der Waals surface area contributed by atoms with Crippen LogP contribution < -0.4 is 9.47 Å². The van der Waals surface area contributed by atoms with Crippen molar-refractivity contribution in [2.45, 2.75) is 30.8 Å². The number of piperidine rings is 1. The normalized spacial score (nSPS) is 16.3. The van der Waals surface area contributed by atoms with Crippen molar-refractivity contribution in [2.24, 2.45) is 5.92 Å². The molecule has 4 rings (SSSR count). The maximum absolute atomic E-state index is 13.8. The van der Waals surface area contributed by atoms with Gasteiger partial charge >= 0.3 is 0 Å². The lowest BCUT2D eigenvalue weighted by molar-refractivity contribution is -0.138. The number of hydrogen-bond donors (Lipinski definition) is 0. The van der Waals surface area contributed by atoms with E-state index in [0.717, 1.165) is 11.1 Å². The standard InChI is InChI=1S/C28H32N2O5S/c1-34-25-15-16-26(35-2)27(18-25)36(32,33)30-17-9-14-24(21-30)28(31)29(19-22-10-5-3-6-11-22)20-23-12-7-4-8-13-23/h3-8,10-13,15-16,18,24H,9,14,17,19-21H2,1-2H3/t24-/m0/s1. The van der Waals surface area contributed by atoms with E-state index in [0.29, 0.717) is 38.2 Å². The molecule has 1 fully saturated rings. The van der Waals surface area contributed by atoms with Crippen LogP contribution in [0, 0.1) is 5.92 Å². The maximum atomic E-state index is 13.8. The van der Waals surface area contributed by atoms with Gasteiger partial charge < -0.3 is 14.4 Å². The smallest absolute Gasteiger partial charge is 0.246 e. The Morgan fingerprint density at radius 2 is 1.53 bits per heavy atom. The summed E-state index contributed by atoms with van der Waals surface area (Å²) in [5.41, 5.74) is 2.06. The molecule has 7 nitrogen and oxygen atoms in total. The summed E-state index contributed by atoms with van der Waals surface area (Å²) in [6, 6.07) is 24.4. The summed E-state index contributed by atoms with van der Waals surface area (Å²) >= 11 is 0. The molecule has 36 heavy (non-hydrogen) atoms. The van der Waals surface area contributed by atoms with Crippen LogP contribution in [-0.2, 0) is 27.9 Å². The van der Waals surface area contributed by atoms with Crippen molar-refractivity contribution in [3.8, 4) is 11.5 Å². The first kappa shape index (κ1) is 25.7. The molecule has 0 aromatic heterocycles. The van der Waals surface area contributed by atoms with Gasteiger partial charge in [0.1, 0.15) is 16.4 Å². The van der Waals surface area contributed by atoms with E-state index in [-0.39, 0.29) is 23.1 Å². The first-order valence-corrected chi connectivity index (χ1v) is 13.4. The third-order valence-electron chi connectivity index (χ3n) is 6.47. The predicted molar refractivity (Wildman–Crippen MR) is 138 cm³/mol. The van der Waals surface area contributed by atoms with Crippen LogP contribution in [-0.4, -0.2) is 50.8 Å². The molecule has 1 amide bonds. The summed E-state index contributed by atoms with van der Waals surface area (Å²) in [6.45, 7) is 1.40. The van der Waals surface area contributed by atoms with Crippen molar-refractivity contribution in [1.29, 1.82) is 0 Å². The van der Waals surface area contributed by atoms with Crippen molar-refractivity contribution in [3.05, 3.63) is 90.0 Å². The minimum absolute atomic E-state index is 0.0415. The van der Waals surface area contributed by atoms with Crippen molar-refractivity contribution in [2.75, 3.05) is 27.3 Å². The largest absolute Gasteiger partial charge is 0.497 e. The fourth-order valence-corrected chi connectivity index (χ4v) is 6.26. The lowest BCUT2D eigenvalue weighted by Crippen LogP contribution is -2.46. The van der Waals surface area contributed by atoms with E-state index in [1.165, 1.54) is 24.6 Å². The van der Waals surface area contributed by atoms with Crippen LogP contribution in [0.25, 0.3) is 0 Å². The molecule has 8 heteroatoms. The van der Waals surface area contributed by atoms with Crippen molar-refractivity contribution < 1.29 is 22.7 Å². The lowest BCUT2D eigenvalue weighted by atomic mass is 9.97. The second kappa shape index (κ2) is 11.6. The van der Waals surface area contributed by atoms with E-state index in [1.54, 1.807) is 12.1 Å². The fourth-order valence-electron chi connectivity index (χ4n) is 4.56. The molecule has 0 spiro atoms. The highest BCUT2D eigenvalue weighted by molar-refractivity contribution is 7.89. The molecule has 0 bridgehead atoms. The third kappa shape index (κ3) is 5.88. The second-order valence-electron chi connectivity index (χ2n) is 8.88. The SMILES string of the molecule is COc1ccc(OC)c(S(=O)(=O)N2CCC[C@H](C(=O)N(Cc3ccccc3)Cc3ccccc3)C2)c1. The van der Waals surface area contributed by atoms with Crippen LogP contribution in [0.2, 0.25) is 0 Å². The van der Waals surface area contributed by atoms with Crippen LogP contribution in [0.5, 0.6) is 11.5 Å². The van der Waals surface area contributed by atoms with E-state index < -0.39 is 15.9 Å². The molecule has 0 aliphatic carbocycles. The zero-order valence-electron chi connectivity index (χ0n) is 20.7. The number of nitrogens with zero attached hydrogens (tertiary/aromatic N) is 2. The number of carbonyl (C=O) groups excluding carboxylic acids is 1. The van der Waals surface area contributed by atoms with Crippen LogP contribution in [0.3, 0.4) is 0 Å². The molecule has 1 atom stereocenters. The molecule has 1 heterocycles. The molecule has 3 aromatic carbocycles. The van der Waals surface area contributed by atoms with Crippen LogP contribution >= 0.6 is 0 Å². The van der Waals surface area contributed by atoms with Gasteiger partial charge in [0, 0.05) is 32.2 Å². The van der Waals surface area contributed by atoms with Gasteiger partial charge in [-0.3, -0.25) is 4.79 Å². The summed E-state index contributed by atoms with van der Waals surface area (Å²) in [7, 11) is -0.963. The number of hydrogen-bond acceptors (Lipinski definition) is 5. The summed E-state index contributed by atoms with van der Waals surface area (Å²) in [5.74, 6) is 0.202. The Balaban J connectivity index is 1.58. The Bertz CT molecular complexity index is 1220. The van der Waals surface area contributed by atoms with Gasteiger partial charge in [0.05, 0.1) is 20.1 Å². The summed E-state index contributed by atoms with van der Waals surface area (Å²) < 4.78 is 39.2. The van der Waals surface area contributed by atoms with Crippen LogP contribution in [0.15, 0.2) is 83.8 Å². The zero-order chi connectivity index (χ0) is 25.5. The second-order valence-corrected chi connectivity index (χ2v) is 10.8. The molecule has 0 saturated carbocycles. The monoisotopic (exact) mass is 508 g/mol. The van der Waals surface area contributed by atoms with Crippen molar-refractivity contribution in [3.63, 3.8) is 0 Å². The van der Waals surface area contributed by atoms with Gasteiger partial charge in [-0.25, -0.2) is 8.42 Å². The first-order valence-electron chi connectivity index (χ1n) is 12.0. The topological polar surface area (TPSA) is 76.1 Å². The Morgan fingerprint density at radius 3 is 2.08 bits per heavy atom. The third-order valence-corrected chi connectivity index (χ3v) is 8.35. The Hall–Kier alpha value is -3.36. The summed E-state index contributed by atoms with van der Waals surface area (Å²) in [4.78, 5) is 15.7. The number of rotatable bonds is 9. The van der Waals surface area contributed by atoms with Crippen LogP contribution in [0.4, 0.5) is 0 Å². The molecule has 0 unspecified atom stereocenters. The van der Waals surface area contributed by atoms with Gasteiger partial charge in [-0.2, -0.15) is 4.31 Å². The number of sulfonamides is 1. The molecule has 0 N–H and O–H groups in total. The van der Waals surface area contributed by atoms with Crippen LogP contribution in [0.1, 0.15) is 24.0 Å². The van der Waals surface area contributed by atoms with E-state index in [4.69, 9.17) is 9.47 Å². The quantitative estimate of drug-likeness (QED) is 0.430. The average Bonchev–Trinajstić information content (AvgIpc) is 2.93. The summed E-state index contributed by atoms with van der Waals surface area (Å²) in [5, 5.41) is 0. The van der Waals surface area contributed by atoms with E-state index in [9.17, 15) is 13.2 Å². The number of amides is 1. The minimum atomic E-state index is -3.89. The summed E-state index contributed by atoms with van der Waals surface area (Å²) in [6.07, 6.45) is 1.24. The maximum Gasteiger partial charge on any atom is 0.246 e. The molecular formula is C28H32N2O5S. The average molecular weight is 509 g/mol. The highest BCUT2D eigenvalue weighted by atomic mass is 32.2. The number of methoxy groups -OCH3 is 2. The Labute approximate surface area is 213 Å². The Kier molecular flexibility index (Phi) is 8.28. The van der Waals surface area contributed by atoms with E-state index in [2.05, 4.69) is 0 Å². The molecule has 3 aromatic rings.